The predicted molar refractivity (Wildman–Crippen MR) is 94.1 cm³/mol. The molecular weight excluding hydrogens is 361 g/mol. The molecule has 1 fully saturated rings. The fourth-order valence-electron chi connectivity index (χ4n) is 2.92. The summed E-state index contributed by atoms with van der Waals surface area (Å²) in [6.07, 6.45) is 2.03. The Hall–Kier alpha value is -2.84. The third-order valence-electron chi connectivity index (χ3n) is 4.52. The molecule has 9 heteroatoms. The lowest BCUT2D eigenvalue weighted by molar-refractivity contribution is -0.117. The van der Waals surface area contributed by atoms with Crippen LogP contribution < -0.4 is 15.8 Å². The van der Waals surface area contributed by atoms with Crippen LogP contribution in [0.4, 0.5) is 24.7 Å². The summed E-state index contributed by atoms with van der Waals surface area (Å²) < 4.78 is 40.4. The lowest BCUT2D eigenvalue weighted by atomic mass is 9.99. The number of aromatic nitrogens is 2. The molecule has 0 bridgehead atoms. The van der Waals surface area contributed by atoms with E-state index < -0.39 is 35.5 Å². The van der Waals surface area contributed by atoms with Crippen molar-refractivity contribution in [2.24, 2.45) is 5.92 Å². The van der Waals surface area contributed by atoms with Gasteiger partial charge in [0.15, 0.2) is 17.5 Å². The first-order valence-corrected chi connectivity index (χ1v) is 8.61. The molecule has 0 radical (unpaired) electrons. The highest BCUT2D eigenvalue weighted by atomic mass is 19.2. The van der Waals surface area contributed by atoms with Gasteiger partial charge >= 0.3 is 0 Å². The number of piperidine rings is 1. The number of hydrogen-bond donors (Lipinski definition) is 1. The van der Waals surface area contributed by atoms with Crippen molar-refractivity contribution in [1.82, 2.24) is 9.78 Å². The molecule has 1 aromatic carbocycles. The topological polar surface area (TPSA) is 67.2 Å². The summed E-state index contributed by atoms with van der Waals surface area (Å²) in [7, 11) is 0. The van der Waals surface area contributed by atoms with Crippen LogP contribution in [0.1, 0.15) is 19.8 Å². The van der Waals surface area contributed by atoms with E-state index in [1.54, 1.807) is 6.07 Å². The van der Waals surface area contributed by atoms with Gasteiger partial charge in [-0.2, -0.15) is 5.10 Å². The zero-order valence-corrected chi connectivity index (χ0v) is 14.7. The number of nitrogens with one attached hydrogen (secondary N) is 1. The van der Waals surface area contributed by atoms with E-state index in [2.05, 4.69) is 17.3 Å². The van der Waals surface area contributed by atoms with E-state index in [0.717, 1.165) is 30.6 Å². The van der Waals surface area contributed by atoms with E-state index in [-0.39, 0.29) is 5.69 Å². The molecule has 1 amide bonds. The molecule has 1 aliphatic rings. The number of anilines is 2. The quantitative estimate of drug-likeness (QED) is 0.828. The van der Waals surface area contributed by atoms with Crippen LogP contribution in [0.3, 0.4) is 0 Å². The second kappa shape index (κ2) is 7.81. The molecule has 1 aromatic heterocycles. The summed E-state index contributed by atoms with van der Waals surface area (Å²) in [5, 5.41) is 6.45. The van der Waals surface area contributed by atoms with Crippen LogP contribution in [0.25, 0.3) is 0 Å². The fraction of sp³-hybridized carbons (Fsp3) is 0.389. The van der Waals surface area contributed by atoms with Crippen LogP contribution >= 0.6 is 0 Å². The lowest BCUT2D eigenvalue weighted by Crippen LogP contribution is -2.36. The van der Waals surface area contributed by atoms with Gasteiger partial charge in [0, 0.05) is 37.0 Å². The Labute approximate surface area is 153 Å². The molecule has 27 heavy (non-hydrogen) atoms. The molecule has 2 heterocycles. The number of benzene rings is 1. The monoisotopic (exact) mass is 380 g/mol. The van der Waals surface area contributed by atoms with Crippen molar-refractivity contribution in [2.75, 3.05) is 23.3 Å². The summed E-state index contributed by atoms with van der Waals surface area (Å²) in [5.41, 5.74) is -0.721. The van der Waals surface area contributed by atoms with E-state index in [4.69, 9.17) is 0 Å². The van der Waals surface area contributed by atoms with Gasteiger partial charge in [-0.3, -0.25) is 9.59 Å². The second-order valence-electron chi connectivity index (χ2n) is 6.66. The van der Waals surface area contributed by atoms with E-state index in [9.17, 15) is 22.8 Å². The molecule has 3 rings (SSSR count). The maximum Gasteiger partial charge on any atom is 0.267 e. The maximum atomic E-state index is 13.2. The van der Waals surface area contributed by atoms with Crippen LogP contribution in [0, 0.1) is 23.4 Å². The molecular formula is C18H19F3N4O2. The van der Waals surface area contributed by atoms with Gasteiger partial charge in [-0.25, -0.2) is 17.9 Å². The molecule has 6 nitrogen and oxygen atoms in total. The summed E-state index contributed by atoms with van der Waals surface area (Å²) >= 11 is 0. The highest BCUT2D eigenvalue weighted by Gasteiger charge is 2.18. The molecule has 0 spiro atoms. The summed E-state index contributed by atoms with van der Waals surface area (Å²) in [6, 6.07) is 4.26. The zero-order chi connectivity index (χ0) is 19.6. The van der Waals surface area contributed by atoms with Crippen LogP contribution in [0.5, 0.6) is 0 Å². The van der Waals surface area contributed by atoms with Crippen molar-refractivity contribution in [1.29, 1.82) is 0 Å². The van der Waals surface area contributed by atoms with Gasteiger partial charge in [0.25, 0.3) is 5.56 Å². The molecule has 0 unspecified atom stereocenters. The predicted octanol–water partition coefficient (Wildman–Crippen LogP) is 2.54. The lowest BCUT2D eigenvalue weighted by Gasteiger charge is -2.31. The number of rotatable bonds is 4. The van der Waals surface area contributed by atoms with Crippen molar-refractivity contribution in [3.05, 3.63) is 52.1 Å². The molecule has 0 saturated carbocycles. The molecule has 1 aliphatic heterocycles. The van der Waals surface area contributed by atoms with Crippen LogP contribution in [-0.2, 0) is 11.3 Å². The van der Waals surface area contributed by atoms with Crippen molar-refractivity contribution in [3.8, 4) is 0 Å². The minimum atomic E-state index is -1.62. The third-order valence-corrected chi connectivity index (χ3v) is 4.52. The number of amides is 1. The van der Waals surface area contributed by atoms with Crippen molar-refractivity contribution in [3.63, 3.8) is 0 Å². The standard InChI is InChI=1S/C18H19F3N4O2/c1-11-4-6-24(7-5-11)15-2-3-17(27)25(23-15)10-16(26)22-12-8-13(19)18(21)14(20)9-12/h2-3,8-9,11H,4-7,10H2,1H3,(H,22,26). The van der Waals surface area contributed by atoms with E-state index >= 15 is 0 Å². The molecule has 0 atom stereocenters. The minimum absolute atomic E-state index is 0.245. The van der Waals surface area contributed by atoms with Gasteiger partial charge < -0.3 is 10.2 Å². The summed E-state index contributed by atoms with van der Waals surface area (Å²) in [5.74, 6) is -3.93. The van der Waals surface area contributed by atoms with Crippen molar-refractivity contribution < 1.29 is 18.0 Å². The van der Waals surface area contributed by atoms with Gasteiger partial charge in [0.2, 0.25) is 5.91 Å². The average molecular weight is 380 g/mol. The Morgan fingerprint density at radius 2 is 1.81 bits per heavy atom. The number of carbonyl (C=O) groups excluding carboxylic acids is 1. The van der Waals surface area contributed by atoms with Crippen molar-refractivity contribution in [2.45, 2.75) is 26.3 Å². The number of nitrogens with zero attached hydrogens (tertiary/aromatic N) is 3. The first kappa shape index (κ1) is 18.9. The largest absolute Gasteiger partial charge is 0.355 e. The number of carbonyl (C=O) groups is 1. The second-order valence-corrected chi connectivity index (χ2v) is 6.66. The molecule has 1 saturated heterocycles. The fourth-order valence-corrected chi connectivity index (χ4v) is 2.92. The smallest absolute Gasteiger partial charge is 0.267 e. The van der Waals surface area contributed by atoms with Crippen molar-refractivity contribution >= 4 is 17.4 Å². The normalized spacial score (nSPS) is 15.0. The molecule has 1 N–H and O–H groups in total. The van der Waals surface area contributed by atoms with Crippen LogP contribution in [0.15, 0.2) is 29.1 Å². The molecule has 144 valence electrons. The number of halogens is 3. The van der Waals surface area contributed by atoms with Gasteiger partial charge in [-0.15, -0.1) is 0 Å². The highest BCUT2D eigenvalue weighted by molar-refractivity contribution is 5.90. The Morgan fingerprint density at radius 1 is 1.19 bits per heavy atom. The molecule has 2 aromatic rings. The first-order chi connectivity index (χ1) is 12.8. The maximum absolute atomic E-state index is 13.2. The number of hydrogen-bond acceptors (Lipinski definition) is 4. The third kappa shape index (κ3) is 4.47. The Bertz CT molecular complexity index is 885. The SMILES string of the molecule is CC1CCN(c2ccc(=O)n(CC(=O)Nc3cc(F)c(F)c(F)c3)n2)CC1. The summed E-state index contributed by atoms with van der Waals surface area (Å²) in [6.45, 7) is 3.37. The van der Waals surface area contributed by atoms with Gasteiger partial charge in [0.1, 0.15) is 12.4 Å². The van der Waals surface area contributed by atoms with Crippen LogP contribution in [-0.4, -0.2) is 28.8 Å². The first-order valence-electron chi connectivity index (χ1n) is 8.61. The van der Waals surface area contributed by atoms with Crippen LogP contribution in [0.2, 0.25) is 0 Å². The molecule has 0 aliphatic carbocycles. The average Bonchev–Trinajstić information content (AvgIpc) is 2.62. The van der Waals surface area contributed by atoms with E-state index in [1.165, 1.54) is 6.07 Å². The van der Waals surface area contributed by atoms with Gasteiger partial charge in [0.05, 0.1) is 0 Å². The minimum Gasteiger partial charge on any atom is -0.355 e. The van der Waals surface area contributed by atoms with Gasteiger partial charge in [-0.1, -0.05) is 6.92 Å². The van der Waals surface area contributed by atoms with E-state index in [0.29, 0.717) is 23.9 Å². The summed E-state index contributed by atoms with van der Waals surface area (Å²) in [4.78, 5) is 26.1. The highest BCUT2D eigenvalue weighted by Crippen LogP contribution is 2.20. The Balaban J connectivity index is 1.72. The Kier molecular flexibility index (Phi) is 5.48. The zero-order valence-electron chi connectivity index (χ0n) is 14.7. The Morgan fingerprint density at radius 3 is 2.44 bits per heavy atom. The van der Waals surface area contributed by atoms with E-state index in [1.807, 2.05) is 4.90 Å². The van der Waals surface area contributed by atoms with Gasteiger partial charge in [-0.05, 0) is 24.8 Å².